The highest BCUT2D eigenvalue weighted by Gasteiger charge is 2.07. The predicted molar refractivity (Wildman–Crippen MR) is 51.8 cm³/mol. The lowest BCUT2D eigenvalue weighted by Crippen LogP contribution is -2.32. The summed E-state index contributed by atoms with van der Waals surface area (Å²) in [5.74, 6) is 8.84. The van der Waals surface area contributed by atoms with Crippen molar-refractivity contribution in [1.29, 1.82) is 0 Å². The Hall–Kier alpha value is -0.130. The molecule has 0 unspecified atom stereocenters. The van der Waals surface area contributed by atoms with E-state index in [-0.39, 0.29) is 0 Å². The monoisotopic (exact) mass is 169 g/mol. The molecule has 0 spiro atoms. The first-order valence-electron chi connectivity index (χ1n) is 4.19. The Bertz CT molecular complexity index is 151. The smallest absolute Gasteiger partial charge is 0.0602 e. The highest BCUT2D eigenvalue weighted by atomic mass is 32.2. The maximum Gasteiger partial charge on any atom is 0.0602 e. The second-order valence-electron chi connectivity index (χ2n) is 2.60. The maximum absolute atomic E-state index is 3.17. The van der Waals surface area contributed by atoms with Crippen molar-refractivity contribution in [2.45, 2.75) is 13.3 Å². The first-order chi connectivity index (χ1) is 5.43. The van der Waals surface area contributed by atoms with E-state index in [9.17, 15) is 0 Å². The molecular formula is C9H15NS. The molecule has 62 valence electrons. The van der Waals surface area contributed by atoms with Gasteiger partial charge in [0.1, 0.15) is 0 Å². The molecule has 1 rings (SSSR count). The van der Waals surface area contributed by atoms with Crippen LogP contribution in [0.4, 0.5) is 0 Å². The highest BCUT2D eigenvalue weighted by Crippen LogP contribution is 2.07. The predicted octanol–water partition coefficient (Wildman–Crippen LogP) is 1.45. The van der Waals surface area contributed by atoms with Crippen LogP contribution in [0.15, 0.2) is 0 Å². The lowest BCUT2D eigenvalue weighted by atomic mass is 10.4. The maximum atomic E-state index is 3.17. The first-order valence-corrected chi connectivity index (χ1v) is 5.34. The highest BCUT2D eigenvalue weighted by molar-refractivity contribution is 7.99. The van der Waals surface area contributed by atoms with Gasteiger partial charge < -0.3 is 0 Å². The Morgan fingerprint density at radius 2 is 2.00 bits per heavy atom. The minimum Gasteiger partial charge on any atom is -0.291 e. The van der Waals surface area contributed by atoms with E-state index in [1.54, 1.807) is 0 Å². The van der Waals surface area contributed by atoms with Crippen LogP contribution in [0.5, 0.6) is 0 Å². The molecule has 0 saturated carbocycles. The average molecular weight is 169 g/mol. The van der Waals surface area contributed by atoms with Gasteiger partial charge in [-0.3, -0.25) is 4.90 Å². The van der Waals surface area contributed by atoms with Gasteiger partial charge in [0.2, 0.25) is 0 Å². The van der Waals surface area contributed by atoms with Gasteiger partial charge in [0, 0.05) is 31.0 Å². The summed E-state index contributed by atoms with van der Waals surface area (Å²) in [6.07, 6.45) is 0.989. The van der Waals surface area contributed by atoms with Crippen LogP contribution in [0.3, 0.4) is 0 Å². The van der Waals surface area contributed by atoms with Crippen molar-refractivity contribution < 1.29 is 0 Å². The number of hydrogen-bond donors (Lipinski definition) is 0. The lowest BCUT2D eigenvalue weighted by Gasteiger charge is -2.23. The average Bonchev–Trinajstić information content (AvgIpc) is 2.07. The molecule has 1 aliphatic rings. The first kappa shape index (κ1) is 8.96. The third kappa shape index (κ3) is 3.69. The van der Waals surface area contributed by atoms with E-state index in [4.69, 9.17) is 0 Å². The van der Waals surface area contributed by atoms with Crippen LogP contribution < -0.4 is 0 Å². The van der Waals surface area contributed by atoms with Crippen molar-refractivity contribution in [3.63, 3.8) is 0 Å². The van der Waals surface area contributed by atoms with Gasteiger partial charge >= 0.3 is 0 Å². The summed E-state index contributed by atoms with van der Waals surface area (Å²) in [5, 5.41) is 0. The minimum absolute atomic E-state index is 0.981. The van der Waals surface area contributed by atoms with Crippen LogP contribution in [0.1, 0.15) is 13.3 Å². The van der Waals surface area contributed by atoms with Gasteiger partial charge in [-0.25, -0.2) is 0 Å². The van der Waals surface area contributed by atoms with Gasteiger partial charge in [0.25, 0.3) is 0 Å². The third-order valence-electron chi connectivity index (χ3n) is 1.71. The Morgan fingerprint density at radius 3 is 2.64 bits per heavy atom. The van der Waals surface area contributed by atoms with Crippen molar-refractivity contribution in [1.82, 2.24) is 4.90 Å². The van der Waals surface area contributed by atoms with Crippen LogP contribution in [-0.2, 0) is 0 Å². The second kappa shape index (κ2) is 5.51. The fourth-order valence-electron chi connectivity index (χ4n) is 1.05. The van der Waals surface area contributed by atoms with Crippen molar-refractivity contribution in [2.75, 3.05) is 31.1 Å². The van der Waals surface area contributed by atoms with E-state index in [0.29, 0.717) is 0 Å². The van der Waals surface area contributed by atoms with E-state index < -0.39 is 0 Å². The summed E-state index contributed by atoms with van der Waals surface area (Å²) >= 11 is 2.05. The van der Waals surface area contributed by atoms with Gasteiger partial charge in [0.05, 0.1) is 6.54 Å². The molecule has 1 fully saturated rings. The van der Waals surface area contributed by atoms with Crippen LogP contribution in [-0.4, -0.2) is 36.0 Å². The number of rotatable bonds is 1. The number of thioether (sulfide) groups is 1. The second-order valence-corrected chi connectivity index (χ2v) is 3.82. The van der Waals surface area contributed by atoms with Crippen molar-refractivity contribution >= 4 is 11.8 Å². The molecule has 1 saturated heterocycles. The van der Waals surface area contributed by atoms with E-state index in [1.807, 2.05) is 11.8 Å². The van der Waals surface area contributed by atoms with E-state index in [0.717, 1.165) is 13.0 Å². The van der Waals surface area contributed by atoms with Crippen LogP contribution in [0, 0.1) is 11.8 Å². The Morgan fingerprint density at radius 1 is 1.27 bits per heavy atom. The summed E-state index contributed by atoms with van der Waals surface area (Å²) in [5.41, 5.74) is 0. The molecule has 0 bridgehead atoms. The Balaban J connectivity index is 2.14. The molecule has 1 aliphatic heterocycles. The van der Waals surface area contributed by atoms with Crippen LogP contribution in [0.25, 0.3) is 0 Å². The summed E-state index contributed by atoms with van der Waals surface area (Å²) in [6.45, 7) is 5.53. The summed E-state index contributed by atoms with van der Waals surface area (Å²) in [4.78, 5) is 2.43. The van der Waals surface area contributed by atoms with E-state index in [2.05, 4.69) is 23.7 Å². The van der Waals surface area contributed by atoms with Crippen molar-refractivity contribution in [2.24, 2.45) is 0 Å². The zero-order valence-corrected chi connectivity index (χ0v) is 7.91. The standard InChI is InChI=1S/C9H15NS/c1-2-3-4-5-10-6-8-11-9-7-10/h2,5-9H2,1H3. The molecular weight excluding hydrogens is 154 g/mol. The number of hydrogen-bond acceptors (Lipinski definition) is 2. The molecule has 1 nitrogen and oxygen atoms in total. The van der Waals surface area contributed by atoms with E-state index >= 15 is 0 Å². The van der Waals surface area contributed by atoms with Gasteiger partial charge in [-0.2, -0.15) is 11.8 Å². The summed E-state index contributed by atoms with van der Waals surface area (Å²) < 4.78 is 0. The molecule has 11 heavy (non-hydrogen) atoms. The zero-order chi connectivity index (χ0) is 7.94. The zero-order valence-electron chi connectivity index (χ0n) is 7.10. The quantitative estimate of drug-likeness (QED) is 0.547. The van der Waals surface area contributed by atoms with Crippen LogP contribution >= 0.6 is 11.8 Å². The molecule has 0 amide bonds. The fourth-order valence-corrected chi connectivity index (χ4v) is 2.03. The summed E-state index contributed by atoms with van der Waals surface area (Å²) in [6, 6.07) is 0. The largest absolute Gasteiger partial charge is 0.291 e. The van der Waals surface area contributed by atoms with Gasteiger partial charge in [-0.1, -0.05) is 12.8 Å². The van der Waals surface area contributed by atoms with E-state index in [1.165, 1.54) is 24.6 Å². The molecule has 0 aromatic rings. The molecule has 0 atom stereocenters. The molecule has 0 radical (unpaired) electrons. The van der Waals surface area contributed by atoms with Crippen molar-refractivity contribution in [3.05, 3.63) is 0 Å². The van der Waals surface area contributed by atoms with Crippen molar-refractivity contribution in [3.8, 4) is 11.8 Å². The minimum atomic E-state index is 0.981. The van der Waals surface area contributed by atoms with Gasteiger partial charge in [-0.15, -0.1) is 5.92 Å². The normalized spacial score (nSPS) is 19.0. The molecule has 0 aromatic heterocycles. The molecule has 1 heterocycles. The SMILES string of the molecule is CCC#CCN1CCSCC1. The number of nitrogens with zero attached hydrogens (tertiary/aromatic N) is 1. The fraction of sp³-hybridized carbons (Fsp3) is 0.778. The topological polar surface area (TPSA) is 3.24 Å². The Kier molecular flexibility index (Phi) is 4.49. The molecule has 0 aromatic carbocycles. The molecule has 0 N–H and O–H groups in total. The summed E-state index contributed by atoms with van der Waals surface area (Å²) in [7, 11) is 0. The van der Waals surface area contributed by atoms with Crippen LogP contribution in [0.2, 0.25) is 0 Å². The molecule has 0 aliphatic carbocycles. The van der Waals surface area contributed by atoms with Gasteiger partial charge in [0.15, 0.2) is 0 Å². The Labute approximate surface area is 73.5 Å². The lowest BCUT2D eigenvalue weighted by molar-refractivity contribution is 0.341. The third-order valence-corrected chi connectivity index (χ3v) is 2.65. The molecule has 2 heteroatoms. The van der Waals surface area contributed by atoms with Gasteiger partial charge in [-0.05, 0) is 0 Å².